The third kappa shape index (κ3) is 5.76. The second-order valence-corrected chi connectivity index (χ2v) is 11.3. The van der Waals surface area contributed by atoms with E-state index in [1.165, 1.54) is 10.6 Å². The fraction of sp³-hybridized carbons (Fsp3) is 0.435. The summed E-state index contributed by atoms with van der Waals surface area (Å²) in [5.41, 5.74) is 2.98. The number of sulfonamides is 1. The molecule has 0 saturated heterocycles. The Kier molecular flexibility index (Phi) is 7.76. The Balaban J connectivity index is 1.87. The zero-order valence-corrected chi connectivity index (χ0v) is 21.1. The van der Waals surface area contributed by atoms with E-state index in [4.69, 9.17) is 23.2 Å². The fourth-order valence-electron chi connectivity index (χ4n) is 4.11. The molecule has 1 aliphatic rings. The lowest BCUT2D eigenvalue weighted by atomic mass is 10.1. The molecule has 0 aliphatic carbocycles. The first kappa shape index (κ1) is 24.8. The van der Waals surface area contributed by atoms with Gasteiger partial charge in [-0.2, -0.15) is 0 Å². The van der Waals surface area contributed by atoms with Crippen molar-refractivity contribution in [2.24, 2.45) is 0 Å². The van der Waals surface area contributed by atoms with Crippen LogP contribution >= 0.6 is 23.2 Å². The molecular weight excluding hydrogens is 469 g/mol. The van der Waals surface area contributed by atoms with Crippen LogP contribution < -0.4 is 4.31 Å². The summed E-state index contributed by atoms with van der Waals surface area (Å²) in [7, 11) is 0.628. The minimum absolute atomic E-state index is 0.0944. The Hall–Kier alpha value is -1.80. The molecule has 0 N–H and O–H groups in total. The van der Waals surface area contributed by atoms with Gasteiger partial charge < -0.3 is 9.80 Å². The van der Waals surface area contributed by atoms with E-state index in [0.717, 1.165) is 24.1 Å². The predicted molar refractivity (Wildman–Crippen MR) is 131 cm³/mol. The normalized spacial score (nSPS) is 15.8. The number of carbonyl (C=O) groups excluding carboxylic acids is 1. The minimum atomic E-state index is -3.37. The molecule has 32 heavy (non-hydrogen) atoms. The van der Waals surface area contributed by atoms with Crippen molar-refractivity contribution >= 4 is 44.8 Å². The SMILES string of the molecule is C[C@@H]1Cc2cc(C(=O)N(CCCN(C)C)Cc3ccc(Cl)c(Cl)c3)ccc2N1S(C)(=O)=O. The van der Waals surface area contributed by atoms with E-state index in [-0.39, 0.29) is 11.9 Å². The first-order chi connectivity index (χ1) is 15.0. The Morgan fingerprint density at radius 3 is 2.44 bits per heavy atom. The van der Waals surface area contributed by atoms with Gasteiger partial charge >= 0.3 is 0 Å². The van der Waals surface area contributed by atoms with Gasteiger partial charge in [-0.15, -0.1) is 0 Å². The van der Waals surface area contributed by atoms with E-state index in [9.17, 15) is 13.2 Å². The van der Waals surface area contributed by atoms with Crippen LogP contribution in [0, 0.1) is 0 Å². The van der Waals surface area contributed by atoms with Crippen molar-refractivity contribution in [2.75, 3.05) is 37.7 Å². The van der Waals surface area contributed by atoms with Crippen LogP contribution in [0.15, 0.2) is 36.4 Å². The number of hydrogen-bond acceptors (Lipinski definition) is 4. The van der Waals surface area contributed by atoms with Crippen LogP contribution in [0.3, 0.4) is 0 Å². The number of rotatable bonds is 8. The molecule has 3 rings (SSSR count). The number of halogens is 2. The smallest absolute Gasteiger partial charge is 0.254 e. The molecule has 0 fully saturated rings. The van der Waals surface area contributed by atoms with Crippen molar-refractivity contribution in [3.05, 3.63) is 63.1 Å². The van der Waals surface area contributed by atoms with Crippen LogP contribution in [-0.2, 0) is 23.0 Å². The van der Waals surface area contributed by atoms with Crippen molar-refractivity contribution in [1.29, 1.82) is 0 Å². The monoisotopic (exact) mass is 497 g/mol. The maximum absolute atomic E-state index is 13.5. The molecule has 2 aromatic rings. The summed E-state index contributed by atoms with van der Waals surface area (Å²) in [5, 5.41) is 0.932. The van der Waals surface area contributed by atoms with Gasteiger partial charge in [0.25, 0.3) is 5.91 Å². The lowest BCUT2D eigenvalue weighted by Gasteiger charge is -2.25. The molecule has 1 heterocycles. The molecule has 0 radical (unpaired) electrons. The maximum atomic E-state index is 13.5. The van der Waals surface area contributed by atoms with E-state index < -0.39 is 10.0 Å². The second-order valence-electron chi connectivity index (χ2n) is 8.59. The second kappa shape index (κ2) is 10.00. The number of hydrogen-bond donors (Lipinski definition) is 0. The van der Waals surface area contributed by atoms with E-state index in [2.05, 4.69) is 4.90 Å². The van der Waals surface area contributed by atoms with Crippen molar-refractivity contribution in [2.45, 2.75) is 32.4 Å². The number of nitrogens with zero attached hydrogens (tertiary/aromatic N) is 3. The standard InChI is InChI=1S/C23H29Cl2N3O3S/c1-16-12-19-14-18(7-9-22(19)28(16)32(4,30)31)23(29)27(11-5-10-26(2)3)15-17-6-8-20(24)21(25)13-17/h6-9,13-14,16H,5,10-12,15H2,1-4H3/t16-/m1/s1. The third-order valence-electron chi connectivity index (χ3n) is 5.51. The number of anilines is 1. The van der Waals surface area contributed by atoms with Gasteiger partial charge in [-0.1, -0.05) is 29.3 Å². The average Bonchev–Trinajstić information content (AvgIpc) is 3.04. The van der Waals surface area contributed by atoms with Gasteiger partial charge in [0.15, 0.2) is 0 Å². The lowest BCUT2D eigenvalue weighted by molar-refractivity contribution is 0.0737. The van der Waals surface area contributed by atoms with Crippen molar-refractivity contribution in [3.63, 3.8) is 0 Å². The molecule has 0 spiro atoms. The molecule has 0 unspecified atom stereocenters. The largest absolute Gasteiger partial charge is 0.334 e. The Bertz CT molecular complexity index is 1110. The first-order valence-corrected chi connectivity index (χ1v) is 13.1. The van der Waals surface area contributed by atoms with Gasteiger partial charge in [-0.3, -0.25) is 9.10 Å². The highest BCUT2D eigenvalue weighted by molar-refractivity contribution is 7.92. The van der Waals surface area contributed by atoms with Crippen LogP contribution in [0.25, 0.3) is 0 Å². The van der Waals surface area contributed by atoms with E-state index in [1.54, 1.807) is 29.2 Å². The number of amides is 1. The summed E-state index contributed by atoms with van der Waals surface area (Å²) in [6, 6.07) is 10.5. The van der Waals surface area contributed by atoms with Gasteiger partial charge in [0.1, 0.15) is 0 Å². The lowest BCUT2D eigenvalue weighted by Crippen LogP contribution is -2.34. The summed E-state index contributed by atoms with van der Waals surface area (Å²) in [6.45, 7) is 3.73. The minimum Gasteiger partial charge on any atom is -0.334 e. The number of fused-ring (bicyclic) bond motifs is 1. The zero-order valence-electron chi connectivity index (χ0n) is 18.8. The molecule has 6 nitrogen and oxygen atoms in total. The molecule has 174 valence electrons. The highest BCUT2D eigenvalue weighted by atomic mass is 35.5. The molecule has 1 atom stereocenters. The summed E-state index contributed by atoms with van der Waals surface area (Å²) in [4.78, 5) is 17.3. The Morgan fingerprint density at radius 2 is 1.81 bits per heavy atom. The molecule has 0 bridgehead atoms. The molecule has 1 amide bonds. The fourth-order valence-corrected chi connectivity index (χ4v) is 5.70. The van der Waals surface area contributed by atoms with Gasteiger partial charge in [0.05, 0.1) is 22.0 Å². The highest BCUT2D eigenvalue weighted by Crippen LogP contribution is 2.35. The quantitative estimate of drug-likeness (QED) is 0.545. The van der Waals surface area contributed by atoms with Gasteiger partial charge in [-0.25, -0.2) is 8.42 Å². The van der Waals surface area contributed by atoms with Crippen molar-refractivity contribution < 1.29 is 13.2 Å². The molecule has 1 aliphatic heterocycles. The van der Waals surface area contributed by atoms with Crippen molar-refractivity contribution in [1.82, 2.24) is 9.80 Å². The van der Waals surface area contributed by atoms with Crippen LogP contribution in [0.2, 0.25) is 10.0 Å². The predicted octanol–water partition coefficient (Wildman–Crippen LogP) is 4.30. The van der Waals surface area contributed by atoms with Gasteiger partial charge in [-0.05, 0) is 81.9 Å². The first-order valence-electron chi connectivity index (χ1n) is 10.5. The van der Waals surface area contributed by atoms with Crippen LogP contribution in [0.4, 0.5) is 5.69 Å². The summed E-state index contributed by atoms with van der Waals surface area (Å²) >= 11 is 12.2. The molecule has 0 saturated carbocycles. The third-order valence-corrected chi connectivity index (χ3v) is 7.53. The van der Waals surface area contributed by atoms with E-state index in [1.807, 2.05) is 33.2 Å². The maximum Gasteiger partial charge on any atom is 0.254 e. The van der Waals surface area contributed by atoms with Crippen LogP contribution in [-0.4, -0.2) is 63.6 Å². The zero-order chi connectivity index (χ0) is 23.6. The van der Waals surface area contributed by atoms with E-state index >= 15 is 0 Å². The molecule has 0 aromatic heterocycles. The molecular formula is C23H29Cl2N3O3S. The van der Waals surface area contributed by atoms with Crippen LogP contribution in [0.1, 0.15) is 34.8 Å². The van der Waals surface area contributed by atoms with Crippen molar-refractivity contribution in [3.8, 4) is 0 Å². The Morgan fingerprint density at radius 1 is 1.09 bits per heavy atom. The summed E-state index contributed by atoms with van der Waals surface area (Å²) in [6.07, 6.45) is 2.61. The number of benzene rings is 2. The van der Waals surface area contributed by atoms with E-state index in [0.29, 0.717) is 40.8 Å². The average molecular weight is 498 g/mol. The van der Waals surface area contributed by atoms with Gasteiger partial charge in [0.2, 0.25) is 10.0 Å². The number of carbonyl (C=O) groups is 1. The topological polar surface area (TPSA) is 60.9 Å². The molecule has 2 aromatic carbocycles. The molecule has 9 heteroatoms. The Labute approximate surface area is 200 Å². The van der Waals surface area contributed by atoms with Gasteiger partial charge in [0, 0.05) is 24.7 Å². The highest BCUT2D eigenvalue weighted by Gasteiger charge is 2.33. The summed E-state index contributed by atoms with van der Waals surface area (Å²) < 4.78 is 25.8. The van der Waals surface area contributed by atoms with Crippen LogP contribution in [0.5, 0.6) is 0 Å². The summed E-state index contributed by atoms with van der Waals surface area (Å²) in [5.74, 6) is -0.0944.